The molecule has 8 rings (SSSR count). The van der Waals surface area contributed by atoms with Crippen molar-refractivity contribution in [1.82, 2.24) is 9.97 Å². The van der Waals surface area contributed by atoms with Crippen LogP contribution >= 0.6 is 0 Å². The summed E-state index contributed by atoms with van der Waals surface area (Å²) >= 11 is 0. The summed E-state index contributed by atoms with van der Waals surface area (Å²) in [5, 5.41) is 10.6. The molecule has 2 nitrogen and oxygen atoms in total. The van der Waals surface area contributed by atoms with Gasteiger partial charge in [-0.05, 0) is 65.8 Å². The molecule has 1 heterocycles. The molecular formula is C31H18N2. The molecule has 0 spiro atoms. The summed E-state index contributed by atoms with van der Waals surface area (Å²) in [6, 6.07) is 35.2. The molecule has 1 aliphatic carbocycles. The first-order chi connectivity index (χ1) is 16.4. The van der Waals surface area contributed by atoms with Gasteiger partial charge in [0, 0.05) is 12.4 Å². The van der Waals surface area contributed by atoms with Crippen molar-refractivity contribution >= 4 is 43.1 Å². The van der Waals surface area contributed by atoms with Crippen molar-refractivity contribution in [3.8, 4) is 0 Å². The number of hydrogen-bond donors (Lipinski definition) is 0. The molecule has 0 saturated heterocycles. The van der Waals surface area contributed by atoms with E-state index in [1.807, 2.05) is 18.5 Å². The van der Waals surface area contributed by atoms with Crippen LogP contribution in [0.1, 0.15) is 22.5 Å². The number of hydrogen-bond acceptors (Lipinski definition) is 2. The second-order valence-corrected chi connectivity index (χ2v) is 8.97. The minimum absolute atomic E-state index is 0.554. The van der Waals surface area contributed by atoms with E-state index in [4.69, 9.17) is 9.97 Å². The smallest absolute Gasteiger partial charge is 0.147 e. The zero-order valence-electron chi connectivity index (χ0n) is 17.8. The van der Waals surface area contributed by atoms with Crippen molar-refractivity contribution in [2.75, 3.05) is 0 Å². The Bertz CT molecular complexity index is 1810. The Morgan fingerprint density at radius 1 is 0.455 bits per heavy atom. The maximum Gasteiger partial charge on any atom is 0.147 e. The van der Waals surface area contributed by atoms with Gasteiger partial charge in [0.1, 0.15) is 11.2 Å². The van der Waals surface area contributed by atoms with Crippen molar-refractivity contribution in [2.24, 2.45) is 0 Å². The van der Waals surface area contributed by atoms with E-state index in [1.165, 1.54) is 59.8 Å². The van der Waals surface area contributed by atoms with Crippen LogP contribution in [0.15, 0.2) is 109 Å². The average Bonchev–Trinajstić information content (AvgIpc) is 3.20. The van der Waals surface area contributed by atoms with Crippen molar-refractivity contribution in [3.05, 3.63) is 132 Å². The molecule has 152 valence electrons. The third-order valence-electron chi connectivity index (χ3n) is 7.55. The summed E-state index contributed by atoms with van der Waals surface area (Å²) in [5.74, 6) is 0.825. The van der Waals surface area contributed by atoms with Gasteiger partial charge in [0.15, 0.2) is 0 Å². The van der Waals surface area contributed by atoms with Gasteiger partial charge in [-0.1, -0.05) is 91.0 Å². The summed E-state index contributed by atoms with van der Waals surface area (Å²) in [6.45, 7) is 0. The molecule has 6 aromatic carbocycles. The van der Waals surface area contributed by atoms with E-state index >= 15 is 0 Å². The van der Waals surface area contributed by atoms with Gasteiger partial charge in [0.2, 0.25) is 0 Å². The summed E-state index contributed by atoms with van der Waals surface area (Å²) < 4.78 is 0. The van der Waals surface area contributed by atoms with Gasteiger partial charge < -0.3 is 0 Å². The normalized spacial score (nSPS) is 17.2. The van der Waals surface area contributed by atoms with E-state index < -0.39 is 5.41 Å². The van der Waals surface area contributed by atoms with Gasteiger partial charge in [-0.25, -0.2) is 9.97 Å². The Hall–Kier alpha value is -4.30. The van der Waals surface area contributed by atoms with Crippen LogP contribution in [0.2, 0.25) is 0 Å². The molecule has 1 atom stereocenters. The minimum atomic E-state index is -0.554. The van der Waals surface area contributed by atoms with E-state index in [9.17, 15) is 0 Å². The summed E-state index contributed by atoms with van der Waals surface area (Å²) in [4.78, 5) is 9.73. The molecule has 0 bridgehead atoms. The SMILES string of the molecule is c1ccc(C2(c3ncccn3)c3cccc4c5cccc6ccc7ccc2c(c34)c7c65)cc1. The molecular weight excluding hydrogens is 400 g/mol. The molecule has 0 saturated carbocycles. The quantitative estimate of drug-likeness (QED) is 0.219. The van der Waals surface area contributed by atoms with Crippen molar-refractivity contribution in [2.45, 2.75) is 5.41 Å². The highest BCUT2D eigenvalue weighted by molar-refractivity contribution is 6.36. The van der Waals surface area contributed by atoms with E-state index in [0.29, 0.717) is 0 Å². The second-order valence-electron chi connectivity index (χ2n) is 8.97. The molecule has 1 aromatic heterocycles. The Morgan fingerprint density at radius 3 is 1.94 bits per heavy atom. The molecule has 0 radical (unpaired) electrons. The van der Waals surface area contributed by atoms with Gasteiger partial charge in [0.25, 0.3) is 0 Å². The predicted octanol–water partition coefficient (Wildman–Crippen LogP) is 7.22. The van der Waals surface area contributed by atoms with Gasteiger partial charge >= 0.3 is 0 Å². The molecule has 7 aromatic rings. The van der Waals surface area contributed by atoms with E-state index in [-0.39, 0.29) is 0 Å². The third-order valence-corrected chi connectivity index (χ3v) is 7.55. The largest absolute Gasteiger partial charge is 0.240 e. The van der Waals surface area contributed by atoms with Gasteiger partial charge in [-0.15, -0.1) is 0 Å². The van der Waals surface area contributed by atoms with Gasteiger partial charge in [-0.3, -0.25) is 0 Å². The lowest BCUT2D eigenvalue weighted by Crippen LogP contribution is -2.31. The molecule has 33 heavy (non-hydrogen) atoms. The molecule has 1 aliphatic rings. The molecule has 0 amide bonds. The molecule has 0 fully saturated rings. The number of fused-ring (bicyclic) bond motifs is 1. The lowest BCUT2D eigenvalue weighted by molar-refractivity contribution is 0.699. The van der Waals surface area contributed by atoms with Crippen LogP contribution in [0.25, 0.3) is 43.1 Å². The number of nitrogens with zero attached hydrogens (tertiary/aromatic N) is 2. The number of rotatable bonds is 2. The first kappa shape index (κ1) is 17.3. The minimum Gasteiger partial charge on any atom is -0.240 e. The highest BCUT2D eigenvalue weighted by Gasteiger charge is 2.47. The zero-order valence-corrected chi connectivity index (χ0v) is 17.8. The van der Waals surface area contributed by atoms with E-state index in [1.54, 1.807) is 0 Å². The monoisotopic (exact) mass is 418 g/mol. The van der Waals surface area contributed by atoms with E-state index in [0.717, 1.165) is 5.82 Å². The maximum atomic E-state index is 4.86. The second kappa shape index (κ2) is 5.93. The van der Waals surface area contributed by atoms with Crippen LogP contribution in [-0.4, -0.2) is 9.97 Å². The van der Waals surface area contributed by atoms with Crippen molar-refractivity contribution in [3.63, 3.8) is 0 Å². The lowest BCUT2D eigenvalue weighted by atomic mass is 9.71. The van der Waals surface area contributed by atoms with Crippen molar-refractivity contribution in [1.29, 1.82) is 0 Å². The summed E-state index contributed by atoms with van der Waals surface area (Å²) in [5.41, 5.74) is 3.19. The zero-order chi connectivity index (χ0) is 21.6. The summed E-state index contributed by atoms with van der Waals surface area (Å²) in [7, 11) is 0. The fourth-order valence-electron chi connectivity index (χ4n) is 6.36. The van der Waals surface area contributed by atoms with Crippen LogP contribution < -0.4 is 0 Å². The first-order valence-corrected chi connectivity index (χ1v) is 11.4. The van der Waals surface area contributed by atoms with Gasteiger partial charge in [0.05, 0.1) is 0 Å². The van der Waals surface area contributed by atoms with Crippen LogP contribution in [0.3, 0.4) is 0 Å². The average molecular weight is 418 g/mol. The Balaban J connectivity index is 1.72. The van der Waals surface area contributed by atoms with Crippen LogP contribution in [0.5, 0.6) is 0 Å². The maximum absolute atomic E-state index is 4.86. The van der Waals surface area contributed by atoms with Crippen LogP contribution in [-0.2, 0) is 5.41 Å². The summed E-state index contributed by atoms with van der Waals surface area (Å²) in [6.07, 6.45) is 3.73. The van der Waals surface area contributed by atoms with Gasteiger partial charge in [-0.2, -0.15) is 0 Å². The van der Waals surface area contributed by atoms with Crippen LogP contribution in [0, 0.1) is 0 Å². The molecule has 1 unspecified atom stereocenters. The Kier molecular flexibility index (Phi) is 3.11. The standard InChI is InChI=1S/C31H18N2/c1-2-8-21(9-3-1)31(30-32-17-6-18-33-30)24-12-5-11-23-22-10-4-7-19-13-14-20-15-16-25(31)29(28(23)24)27(20)26(19)22/h1-18H. The first-order valence-electron chi connectivity index (χ1n) is 11.4. The highest BCUT2D eigenvalue weighted by Crippen LogP contribution is 2.57. The Labute approximate surface area is 190 Å². The van der Waals surface area contributed by atoms with Crippen molar-refractivity contribution < 1.29 is 0 Å². The third kappa shape index (κ3) is 1.92. The predicted molar refractivity (Wildman–Crippen MR) is 135 cm³/mol. The number of aromatic nitrogens is 2. The lowest BCUT2D eigenvalue weighted by Gasteiger charge is -2.31. The fourth-order valence-corrected chi connectivity index (χ4v) is 6.36. The van der Waals surface area contributed by atoms with Crippen LogP contribution in [0.4, 0.5) is 0 Å². The topological polar surface area (TPSA) is 25.8 Å². The molecule has 2 heteroatoms. The number of benzene rings is 6. The Morgan fingerprint density at radius 2 is 1.12 bits per heavy atom. The highest BCUT2D eigenvalue weighted by atomic mass is 14.9. The van der Waals surface area contributed by atoms with E-state index in [2.05, 4.69) is 91.0 Å². The fraction of sp³-hybridized carbons (Fsp3) is 0.0323. The molecule has 0 aliphatic heterocycles. The molecule has 0 N–H and O–H groups in total.